The number of hydrogen-bond donors (Lipinski definition) is 1. The predicted octanol–water partition coefficient (Wildman–Crippen LogP) is 2.39. The molecule has 0 unspecified atom stereocenters. The summed E-state index contributed by atoms with van der Waals surface area (Å²) in [6, 6.07) is 7.11. The van der Waals surface area contributed by atoms with Gasteiger partial charge in [-0.15, -0.1) is 0 Å². The number of carbonyl (C=O) groups excluding carboxylic acids is 2. The van der Waals surface area contributed by atoms with Gasteiger partial charge in [0, 0.05) is 6.42 Å². The van der Waals surface area contributed by atoms with Crippen molar-refractivity contribution in [2.75, 3.05) is 0 Å². The van der Waals surface area contributed by atoms with E-state index >= 15 is 0 Å². The van der Waals surface area contributed by atoms with E-state index < -0.39 is 18.1 Å². The normalized spacial score (nSPS) is 12.9. The van der Waals surface area contributed by atoms with E-state index in [1.165, 1.54) is 6.92 Å². The fraction of sp³-hybridized carbons (Fsp3) is 0.333. The molecule has 1 aromatic carbocycles. The van der Waals surface area contributed by atoms with E-state index in [4.69, 9.17) is 0 Å². The first kappa shape index (κ1) is 14.2. The Balaban J connectivity index is 2.87. The number of rotatable bonds is 4. The van der Waals surface area contributed by atoms with Crippen molar-refractivity contribution in [2.24, 2.45) is 0 Å². The van der Waals surface area contributed by atoms with Crippen LogP contribution < -0.4 is 5.32 Å². The molecule has 0 heterocycles. The highest BCUT2D eigenvalue weighted by Crippen LogP contribution is 2.21. The number of ketones is 1. The summed E-state index contributed by atoms with van der Waals surface area (Å²) in [5.74, 6) is -2.34. The summed E-state index contributed by atoms with van der Waals surface area (Å²) in [4.78, 5) is 21.9. The number of alkyl halides is 3. The van der Waals surface area contributed by atoms with Crippen LogP contribution in [0.2, 0.25) is 0 Å². The summed E-state index contributed by atoms with van der Waals surface area (Å²) in [5, 5.41) is 1.82. The van der Waals surface area contributed by atoms with Gasteiger partial charge in [-0.2, -0.15) is 13.2 Å². The molecule has 0 radical (unpaired) electrons. The van der Waals surface area contributed by atoms with Crippen molar-refractivity contribution < 1.29 is 22.8 Å². The Hall–Kier alpha value is -1.85. The molecule has 0 aromatic heterocycles. The summed E-state index contributed by atoms with van der Waals surface area (Å²) >= 11 is 0. The molecule has 1 rings (SSSR count). The lowest BCUT2D eigenvalue weighted by atomic mass is 10.0. The highest BCUT2D eigenvalue weighted by molar-refractivity contribution is 5.83. The summed E-state index contributed by atoms with van der Waals surface area (Å²) in [5.41, 5.74) is 0.463. The van der Waals surface area contributed by atoms with Crippen LogP contribution in [-0.2, 0) is 9.59 Å². The fourth-order valence-electron chi connectivity index (χ4n) is 1.47. The minimum atomic E-state index is -4.95. The molecular formula is C12H12F3NO2. The average molecular weight is 259 g/mol. The Morgan fingerprint density at radius 2 is 1.78 bits per heavy atom. The van der Waals surface area contributed by atoms with Gasteiger partial charge in [-0.25, -0.2) is 0 Å². The monoisotopic (exact) mass is 259 g/mol. The Labute approximate surface area is 102 Å². The maximum Gasteiger partial charge on any atom is 0.471 e. The Bertz CT molecular complexity index is 429. The maximum atomic E-state index is 12.2. The lowest BCUT2D eigenvalue weighted by molar-refractivity contribution is -0.174. The van der Waals surface area contributed by atoms with Gasteiger partial charge in [0.15, 0.2) is 0 Å². The topological polar surface area (TPSA) is 46.2 Å². The van der Waals surface area contributed by atoms with Crippen molar-refractivity contribution in [3.63, 3.8) is 0 Å². The van der Waals surface area contributed by atoms with Crippen LogP contribution in [-0.4, -0.2) is 17.9 Å². The van der Waals surface area contributed by atoms with E-state index in [9.17, 15) is 22.8 Å². The van der Waals surface area contributed by atoms with Gasteiger partial charge >= 0.3 is 12.1 Å². The standard InChI is InChI=1S/C12H12F3NO2/c1-8(17)7-10(9-5-3-2-4-6-9)16-11(18)12(13,14)15/h2-6,10H,7H2,1H3,(H,16,18)/t10-/m0/s1. The highest BCUT2D eigenvalue weighted by atomic mass is 19.4. The number of Topliss-reactive ketones (excluding diaryl/α,β-unsaturated/α-hetero) is 1. The number of amides is 1. The van der Waals surface area contributed by atoms with Gasteiger partial charge in [0.05, 0.1) is 6.04 Å². The maximum absolute atomic E-state index is 12.2. The number of nitrogens with one attached hydrogen (secondary N) is 1. The third-order valence-electron chi connectivity index (χ3n) is 2.26. The highest BCUT2D eigenvalue weighted by Gasteiger charge is 2.39. The Morgan fingerprint density at radius 3 is 2.22 bits per heavy atom. The molecule has 0 aliphatic rings. The average Bonchev–Trinajstić information content (AvgIpc) is 2.27. The third-order valence-corrected chi connectivity index (χ3v) is 2.26. The molecule has 0 aliphatic heterocycles. The zero-order chi connectivity index (χ0) is 13.8. The van der Waals surface area contributed by atoms with E-state index in [2.05, 4.69) is 0 Å². The van der Waals surface area contributed by atoms with Gasteiger partial charge in [-0.1, -0.05) is 30.3 Å². The van der Waals surface area contributed by atoms with Gasteiger partial charge in [-0.05, 0) is 12.5 Å². The van der Waals surface area contributed by atoms with E-state index in [0.717, 1.165) is 0 Å². The van der Waals surface area contributed by atoms with Crippen molar-refractivity contribution in [3.8, 4) is 0 Å². The molecule has 1 aromatic rings. The van der Waals surface area contributed by atoms with Gasteiger partial charge < -0.3 is 5.32 Å². The van der Waals surface area contributed by atoms with Gasteiger partial charge in [0.25, 0.3) is 0 Å². The molecule has 0 fully saturated rings. The lowest BCUT2D eigenvalue weighted by Gasteiger charge is -2.18. The summed E-state index contributed by atoms with van der Waals surface area (Å²) in [6.07, 6.45) is -5.13. The number of benzene rings is 1. The molecule has 3 nitrogen and oxygen atoms in total. The van der Waals surface area contributed by atoms with Crippen LogP contribution in [0.3, 0.4) is 0 Å². The first-order valence-electron chi connectivity index (χ1n) is 5.23. The van der Waals surface area contributed by atoms with Crippen LogP contribution in [0.25, 0.3) is 0 Å². The lowest BCUT2D eigenvalue weighted by Crippen LogP contribution is -2.39. The quantitative estimate of drug-likeness (QED) is 0.902. The predicted molar refractivity (Wildman–Crippen MR) is 58.7 cm³/mol. The van der Waals surface area contributed by atoms with Crippen molar-refractivity contribution in [1.29, 1.82) is 0 Å². The fourth-order valence-corrected chi connectivity index (χ4v) is 1.47. The molecule has 6 heteroatoms. The van der Waals surface area contributed by atoms with Crippen LogP contribution >= 0.6 is 0 Å². The van der Waals surface area contributed by atoms with Crippen molar-refractivity contribution in [1.82, 2.24) is 5.32 Å². The molecular weight excluding hydrogens is 247 g/mol. The van der Waals surface area contributed by atoms with Crippen LogP contribution in [0, 0.1) is 0 Å². The zero-order valence-corrected chi connectivity index (χ0v) is 9.62. The van der Waals surface area contributed by atoms with Crippen LogP contribution in [0.4, 0.5) is 13.2 Å². The number of carbonyl (C=O) groups is 2. The van der Waals surface area contributed by atoms with Gasteiger partial charge in [-0.3, -0.25) is 9.59 Å². The summed E-state index contributed by atoms with van der Waals surface area (Å²) in [6.45, 7) is 1.26. The Kier molecular flexibility index (Phi) is 4.47. The smallest absolute Gasteiger partial charge is 0.341 e. The van der Waals surface area contributed by atoms with Gasteiger partial charge in [0.1, 0.15) is 5.78 Å². The molecule has 0 spiro atoms. The number of halogens is 3. The molecule has 1 amide bonds. The SMILES string of the molecule is CC(=O)C[C@H](NC(=O)C(F)(F)F)c1ccccc1. The molecule has 18 heavy (non-hydrogen) atoms. The van der Waals surface area contributed by atoms with E-state index in [1.807, 2.05) is 5.32 Å². The minimum absolute atomic E-state index is 0.175. The number of hydrogen-bond acceptors (Lipinski definition) is 2. The minimum Gasteiger partial charge on any atom is -0.341 e. The van der Waals surface area contributed by atoms with Crippen LogP contribution in [0.1, 0.15) is 24.9 Å². The Morgan fingerprint density at radius 1 is 1.22 bits per heavy atom. The van der Waals surface area contributed by atoms with E-state index in [-0.39, 0.29) is 12.2 Å². The second-order valence-corrected chi connectivity index (χ2v) is 3.84. The second kappa shape index (κ2) is 5.66. The zero-order valence-electron chi connectivity index (χ0n) is 9.62. The van der Waals surface area contributed by atoms with E-state index in [0.29, 0.717) is 5.56 Å². The molecule has 98 valence electrons. The third kappa shape index (κ3) is 4.20. The van der Waals surface area contributed by atoms with Crippen molar-refractivity contribution in [2.45, 2.75) is 25.6 Å². The molecule has 0 saturated carbocycles. The van der Waals surface area contributed by atoms with Crippen molar-refractivity contribution >= 4 is 11.7 Å². The van der Waals surface area contributed by atoms with Gasteiger partial charge in [0.2, 0.25) is 0 Å². The second-order valence-electron chi connectivity index (χ2n) is 3.84. The largest absolute Gasteiger partial charge is 0.471 e. The molecule has 0 aliphatic carbocycles. The summed E-state index contributed by atoms with van der Waals surface area (Å²) in [7, 11) is 0. The van der Waals surface area contributed by atoms with E-state index in [1.54, 1.807) is 30.3 Å². The molecule has 1 atom stereocenters. The van der Waals surface area contributed by atoms with Crippen LogP contribution in [0.15, 0.2) is 30.3 Å². The molecule has 0 saturated heterocycles. The first-order valence-corrected chi connectivity index (χ1v) is 5.23. The molecule has 0 bridgehead atoms. The van der Waals surface area contributed by atoms with Crippen molar-refractivity contribution in [3.05, 3.63) is 35.9 Å². The first-order chi connectivity index (χ1) is 8.30. The summed E-state index contributed by atoms with van der Waals surface area (Å²) < 4.78 is 36.5. The van der Waals surface area contributed by atoms with Crippen LogP contribution in [0.5, 0.6) is 0 Å². The molecule has 1 N–H and O–H groups in total.